The van der Waals surface area contributed by atoms with Gasteiger partial charge in [0.15, 0.2) is 0 Å². The van der Waals surface area contributed by atoms with Crippen LogP contribution < -0.4 is 4.74 Å². The van der Waals surface area contributed by atoms with Gasteiger partial charge in [-0.3, -0.25) is 14.5 Å². The smallest absolute Gasteiger partial charge is 0.293 e. The van der Waals surface area contributed by atoms with Crippen molar-refractivity contribution in [3.05, 3.63) is 30.7 Å². The molecule has 1 atom stereocenters. The van der Waals surface area contributed by atoms with Crippen LogP contribution in [0.3, 0.4) is 0 Å². The highest BCUT2D eigenvalue weighted by Gasteiger charge is 2.44. The number of ether oxygens (including phenoxy) is 2. The molecule has 4 rings (SSSR count). The summed E-state index contributed by atoms with van der Waals surface area (Å²) in [6, 6.07) is 0. The normalized spacial score (nSPS) is 22.0. The molecule has 1 unspecified atom stereocenters. The third-order valence-corrected chi connectivity index (χ3v) is 5.74. The Labute approximate surface area is 157 Å². The molecule has 0 radical (unpaired) electrons. The molecular weight excluding hydrogens is 348 g/mol. The van der Waals surface area contributed by atoms with Crippen molar-refractivity contribution in [1.29, 1.82) is 0 Å². The van der Waals surface area contributed by atoms with Crippen molar-refractivity contribution in [2.75, 3.05) is 32.9 Å². The van der Waals surface area contributed by atoms with Crippen LogP contribution >= 0.6 is 0 Å². The molecule has 2 aliphatic heterocycles. The number of rotatable bonds is 4. The van der Waals surface area contributed by atoms with Crippen molar-refractivity contribution in [3.8, 4) is 5.88 Å². The van der Waals surface area contributed by atoms with E-state index in [0.717, 1.165) is 25.9 Å². The van der Waals surface area contributed by atoms with E-state index in [2.05, 4.69) is 20.1 Å². The summed E-state index contributed by atoms with van der Waals surface area (Å²) >= 11 is 0. The fourth-order valence-corrected chi connectivity index (χ4v) is 4.04. The van der Waals surface area contributed by atoms with Crippen molar-refractivity contribution in [2.45, 2.75) is 19.3 Å². The standard InChI is InChI=1S/C18H24N6O3/c1-23-13-21-16(22-23)17(25)24-7-2-18(3-8-24)4-9-26-11-14(18)12-27-15-10-19-5-6-20-15/h5-6,10,13-14H,2-4,7-9,11-12H2,1H3. The predicted octanol–water partition coefficient (Wildman–Crippen LogP) is 0.943. The first-order valence-corrected chi connectivity index (χ1v) is 9.28. The molecule has 1 amide bonds. The van der Waals surface area contributed by atoms with Crippen LogP contribution in [0.2, 0.25) is 0 Å². The van der Waals surface area contributed by atoms with E-state index in [4.69, 9.17) is 9.47 Å². The Balaban J connectivity index is 1.39. The minimum atomic E-state index is -0.0927. The largest absolute Gasteiger partial charge is 0.476 e. The maximum absolute atomic E-state index is 12.6. The van der Waals surface area contributed by atoms with Crippen LogP contribution in [0.4, 0.5) is 0 Å². The summed E-state index contributed by atoms with van der Waals surface area (Å²) in [6.07, 6.45) is 9.28. The average Bonchev–Trinajstić information content (AvgIpc) is 3.15. The van der Waals surface area contributed by atoms with E-state index >= 15 is 0 Å². The number of aryl methyl sites for hydroxylation is 1. The van der Waals surface area contributed by atoms with Crippen molar-refractivity contribution >= 4 is 5.91 Å². The highest BCUT2D eigenvalue weighted by molar-refractivity contribution is 5.90. The van der Waals surface area contributed by atoms with Gasteiger partial charge < -0.3 is 14.4 Å². The van der Waals surface area contributed by atoms with Crippen LogP contribution in [-0.2, 0) is 11.8 Å². The minimum Gasteiger partial charge on any atom is -0.476 e. The van der Waals surface area contributed by atoms with Gasteiger partial charge in [-0.05, 0) is 24.7 Å². The lowest BCUT2D eigenvalue weighted by Crippen LogP contribution is -2.51. The van der Waals surface area contributed by atoms with Crippen molar-refractivity contribution in [2.24, 2.45) is 18.4 Å². The molecule has 0 aliphatic carbocycles. The lowest BCUT2D eigenvalue weighted by molar-refractivity contribution is -0.0826. The zero-order valence-electron chi connectivity index (χ0n) is 15.5. The van der Waals surface area contributed by atoms with Crippen LogP contribution in [0.15, 0.2) is 24.9 Å². The van der Waals surface area contributed by atoms with Crippen molar-refractivity contribution in [3.63, 3.8) is 0 Å². The molecule has 2 fully saturated rings. The molecule has 0 N–H and O–H groups in total. The molecule has 9 nitrogen and oxygen atoms in total. The molecular formula is C18H24N6O3. The predicted molar refractivity (Wildman–Crippen MR) is 95.0 cm³/mol. The summed E-state index contributed by atoms with van der Waals surface area (Å²) in [4.78, 5) is 26.7. The summed E-state index contributed by atoms with van der Waals surface area (Å²) in [5, 5.41) is 4.13. The Morgan fingerprint density at radius 2 is 2.15 bits per heavy atom. The molecule has 4 heterocycles. The van der Waals surface area contributed by atoms with E-state index < -0.39 is 0 Å². The zero-order chi connectivity index (χ0) is 18.7. The number of hydrogen-bond donors (Lipinski definition) is 0. The molecule has 0 aromatic carbocycles. The summed E-state index contributed by atoms with van der Waals surface area (Å²) in [5.41, 5.74) is 0.134. The first kappa shape index (κ1) is 17.8. The summed E-state index contributed by atoms with van der Waals surface area (Å²) in [6.45, 7) is 3.40. The Hall–Kier alpha value is -2.55. The molecule has 27 heavy (non-hydrogen) atoms. The maximum Gasteiger partial charge on any atom is 0.293 e. The fourth-order valence-electron chi connectivity index (χ4n) is 4.04. The van der Waals surface area contributed by atoms with Gasteiger partial charge in [-0.15, -0.1) is 5.10 Å². The van der Waals surface area contributed by atoms with E-state index in [1.54, 1.807) is 36.6 Å². The lowest BCUT2D eigenvalue weighted by Gasteiger charge is -2.48. The Bertz CT molecular complexity index is 772. The van der Waals surface area contributed by atoms with E-state index in [1.165, 1.54) is 0 Å². The molecule has 9 heteroatoms. The van der Waals surface area contributed by atoms with Gasteiger partial charge in [0, 0.05) is 45.1 Å². The first-order valence-electron chi connectivity index (χ1n) is 9.28. The summed E-state index contributed by atoms with van der Waals surface area (Å²) < 4.78 is 13.1. The van der Waals surface area contributed by atoms with E-state index in [0.29, 0.717) is 32.2 Å². The highest BCUT2D eigenvalue weighted by atomic mass is 16.5. The fraction of sp³-hybridized carbons (Fsp3) is 0.611. The van der Waals surface area contributed by atoms with Gasteiger partial charge in [0.1, 0.15) is 6.33 Å². The van der Waals surface area contributed by atoms with Gasteiger partial charge in [-0.1, -0.05) is 0 Å². The van der Waals surface area contributed by atoms with Crippen molar-refractivity contribution in [1.82, 2.24) is 29.6 Å². The SMILES string of the molecule is Cn1cnc(C(=O)N2CCC3(CCOCC3COc3cnccn3)CC2)n1. The van der Waals surface area contributed by atoms with Gasteiger partial charge in [0.05, 0.1) is 19.4 Å². The molecule has 0 saturated carbocycles. The topological polar surface area (TPSA) is 95.3 Å². The first-order chi connectivity index (χ1) is 13.2. The Kier molecular flexibility index (Phi) is 5.02. The van der Waals surface area contributed by atoms with E-state index in [1.807, 2.05) is 4.90 Å². The van der Waals surface area contributed by atoms with Crippen LogP contribution in [-0.4, -0.2) is 68.4 Å². The number of amides is 1. The van der Waals surface area contributed by atoms with Crippen molar-refractivity contribution < 1.29 is 14.3 Å². The summed E-state index contributed by atoms with van der Waals surface area (Å²) in [5.74, 6) is 0.985. The second-order valence-electron chi connectivity index (χ2n) is 7.27. The molecule has 144 valence electrons. The van der Waals surface area contributed by atoms with Crippen LogP contribution in [0, 0.1) is 11.3 Å². The maximum atomic E-state index is 12.6. The Morgan fingerprint density at radius 1 is 1.30 bits per heavy atom. The second-order valence-corrected chi connectivity index (χ2v) is 7.27. The number of piperidine rings is 1. The third kappa shape index (κ3) is 3.78. The molecule has 2 aliphatic rings. The van der Waals surface area contributed by atoms with Gasteiger partial charge in [0.25, 0.3) is 5.91 Å². The van der Waals surface area contributed by atoms with Crippen LogP contribution in [0.1, 0.15) is 29.9 Å². The highest BCUT2D eigenvalue weighted by Crippen LogP contribution is 2.45. The zero-order valence-corrected chi connectivity index (χ0v) is 15.5. The van der Waals surface area contributed by atoms with E-state index in [-0.39, 0.29) is 23.1 Å². The number of aromatic nitrogens is 5. The summed E-state index contributed by atoms with van der Waals surface area (Å²) in [7, 11) is 1.76. The number of hydrogen-bond acceptors (Lipinski definition) is 7. The van der Waals surface area contributed by atoms with Gasteiger partial charge >= 0.3 is 0 Å². The monoisotopic (exact) mass is 372 g/mol. The van der Waals surface area contributed by atoms with Crippen LogP contribution in [0.5, 0.6) is 5.88 Å². The molecule has 1 spiro atoms. The minimum absolute atomic E-state index is 0.0927. The lowest BCUT2D eigenvalue weighted by atomic mass is 9.66. The van der Waals surface area contributed by atoms with E-state index in [9.17, 15) is 4.79 Å². The number of carbonyl (C=O) groups excluding carboxylic acids is 1. The number of nitrogens with zero attached hydrogens (tertiary/aromatic N) is 6. The van der Waals surface area contributed by atoms with Gasteiger partial charge in [-0.25, -0.2) is 9.97 Å². The average molecular weight is 372 g/mol. The quantitative estimate of drug-likeness (QED) is 0.788. The molecule has 0 bridgehead atoms. The number of carbonyl (C=O) groups is 1. The molecule has 2 aromatic rings. The van der Waals surface area contributed by atoms with Crippen LogP contribution in [0.25, 0.3) is 0 Å². The van der Waals surface area contributed by atoms with Gasteiger partial charge in [0.2, 0.25) is 11.7 Å². The molecule has 2 saturated heterocycles. The van der Waals surface area contributed by atoms with Gasteiger partial charge in [-0.2, -0.15) is 0 Å². The molecule has 2 aromatic heterocycles. The third-order valence-electron chi connectivity index (χ3n) is 5.74. The second kappa shape index (κ2) is 7.59. The number of likely N-dealkylation sites (tertiary alicyclic amines) is 1. The Morgan fingerprint density at radius 3 is 2.85 bits per heavy atom.